The number of carbonyl (C=O) groups excluding carboxylic acids is 1. The third-order valence-electron chi connectivity index (χ3n) is 4.03. The highest BCUT2D eigenvalue weighted by Gasteiger charge is 2.35. The molecule has 3 nitrogen and oxygen atoms in total. The van der Waals surface area contributed by atoms with Gasteiger partial charge in [-0.1, -0.05) is 36.6 Å². The number of nitrogens with one attached hydrogen (secondary N) is 1. The van der Waals surface area contributed by atoms with Crippen molar-refractivity contribution in [1.29, 1.82) is 0 Å². The topological polar surface area (TPSA) is 55.1 Å². The quantitative estimate of drug-likeness (QED) is 0.891. The van der Waals surface area contributed by atoms with Gasteiger partial charge in [0.15, 0.2) is 0 Å². The van der Waals surface area contributed by atoms with Gasteiger partial charge in [-0.2, -0.15) is 0 Å². The fraction of sp³-hybridized carbons (Fsp3) is 0.533. The lowest BCUT2D eigenvalue weighted by Crippen LogP contribution is -2.45. The zero-order valence-corrected chi connectivity index (χ0v) is 12.0. The molecule has 0 saturated heterocycles. The highest BCUT2D eigenvalue weighted by molar-refractivity contribution is 6.30. The van der Waals surface area contributed by atoms with Crippen LogP contribution in [-0.2, 0) is 10.2 Å². The molecule has 4 heteroatoms. The van der Waals surface area contributed by atoms with E-state index in [1.165, 1.54) is 18.4 Å². The Morgan fingerprint density at radius 1 is 1.37 bits per heavy atom. The summed E-state index contributed by atoms with van der Waals surface area (Å²) in [7, 11) is 0. The lowest BCUT2D eigenvalue weighted by Gasteiger charge is -2.30. The average molecular weight is 281 g/mol. The highest BCUT2D eigenvalue weighted by Crippen LogP contribution is 2.40. The monoisotopic (exact) mass is 280 g/mol. The number of rotatable bonds is 4. The van der Waals surface area contributed by atoms with Crippen molar-refractivity contribution in [2.75, 3.05) is 6.54 Å². The zero-order valence-electron chi connectivity index (χ0n) is 11.3. The van der Waals surface area contributed by atoms with Gasteiger partial charge in [0.25, 0.3) is 0 Å². The van der Waals surface area contributed by atoms with E-state index < -0.39 is 6.04 Å². The molecule has 1 atom stereocenters. The number of amides is 1. The van der Waals surface area contributed by atoms with Crippen LogP contribution in [0.4, 0.5) is 0 Å². The van der Waals surface area contributed by atoms with Crippen LogP contribution in [0.25, 0.3) is 0 Å². The Labute approximate surface area is 119 Å². The van der Waals surface area contributed by atoms with Crippen LogP contribution in [-0.4, -0.2) is 18.5 Å². The number of nitrogens with two attached hydrogens (primary N) is 1. The van der Waals surface area contributed by atoms with Crippen molar-refractivity contribution in [3.63, 3.8) is 0 Å². The minimum absolute atomic E-state index is 0.0507. The Morgan fingerprint density at radius 2 is 1.95 bits per heavy atom. The fourth-order valence-corrected chi connectivity index (χ4v) is 2.97. The molecule has 0 bridgehead atoms. The lowest BCUT2D eigenvalue weighted by atomic mass is 9.79. The third kappa shape index (κ3) is 3.28. The summed E-state index contributed by atoms with van der Waals surface area (Å²) in [5, 5.41) is 3.73. The second-order valence-corrected chi connectivity index (χ2v) is 5.94. The van der Waals surface area contributed by atoms with Crippen molar-refractivity contribution in [3.05, 3.63) is 34.9 Å². The number of hydrogen-bond acceptors (Lipinski definition) is 2. The number of halogens is 1. The summed E-state index contributed by atoms with van der Waals surface area (Å²) in [4.78, 5) is 11.7. The van der Waals surface area contributed by atoms with Gasteiger partial charge in [0.05, 0.1) is 6.04 Å². The smallest absolute Gasteiger partial charge is 0.236 e. The molecule has 1 aromatic rings. The van der Waals surface area contributed by atoms with Gasteiger partial charge in [-0.3, -0.25) is 4.79 Å². The third-order valence-corrected chi connectivity index (χ3v) is 4.28. The van der Waals surface area contributed by atoms with Crippen molar-refractivity contribution < 1.29 is 4.79 Å². The SMILES string of the molecule is C[C@@H](N)C(=O)NCC1(c2ccc(Cl)cc2)CCCC1. The van der Waals surface area contributed by atoms with E-state index in [2.05, 4.69) is 17.4 Å². The average Bonchev–Trinajstić information content (AvgIpc) is 2.86. The summed E-state index contributed by atoms with van der Waals surface area (Å²) in [5.41, 5.74) is 6.91. The Morgan fingerprint density at radius 3 is 2.47 bits per heavy atom. The van der Waals surface area contributed by atoms with Crippen LogP contribution in [0.15, 0.2) is 24.3 Å². The van der Waals surface area contributed by atoms with E-state index in [0.29, 0.717) is 6.54 Å². The molecule has 1 aromatic carbocycles. The van der Waals surface area contributed by atoms with E-state index in [9.17, 15) is 4.79 Å². The Kier molecular flexibility index (Phi) is 4.48. The summed E-state index contributed by atoms with van der Waals surface area (Å²) >= 11 is 5.95. The second-order valence-electron chi connectivity index (χ2n) is 5.50. The van der Waals surface area contributed by atoms with Crippen molar-refractivity contribution in [2.24, 2.45) is 5.73 Å². The van der Waals surface area contributed by atoms with Gasteiger partial charge in [0, 0.05) is 17.0 Å². The van der Waals surface area contributed by atoms with Gasteiger partial charge in [-0.25, -0.2) is 0 Å². The zero-order chi connectivity index (χ0) is 13.9. The van der Waals surface area contributed by atoms with Crippen LogP contribution >= 0.6 is 11.6 Å². The van der Waals surface area contributed by atoms with Gasteiger partial charge < -0.3 is 11.1 Å². The molecule has 1 saturated carbocycles. The minimum Gasteiger partial charge on any atom is -0.354 e. The summed E-state index contributed by atoms with van der Waals surface area (Å²) in [6.45, 7) is 2.37. The van der Waals surface area contributed by atoms with Gasteiger partial charge in [-0.15, -0.1) is 0 Å². The molecule has 2 rings (SSSR count). The summed E-state index contributed by atoms with van der Waals surface area (Å²) in [6.07, 6.45) is 4.62. The van der Waals surface area contributed by atoms with E-state index in [1.54, 1.807) is 6.92 Å². The molecule has 104 valence electrons. The predicted molar refractivity (Wildman–Crippen MR) is 78.3 cm³/mol. The first-order valence-corrected chi connectivity index (χ1v) is 7.21. The molecule has 0 spiro atoms. The first kappa shape index (κ1) is 14.4. The van der Waals surface area contributed by atoms with E-state index in [4.69, 9.17) is 17.3 Å². The summed E-state index contributed by atoms with van der Waals surface area (Å²) in [6, 6.07) is 7.54. The molecule has 19 heavy (non-hydrogen) atoms. The normalized spacial score (nSPS) is 19.1. The van der Waals surface area contributed by atoms with E-state index in [0.717, 1.165) is 17.9 Å². The second kappa shape index (κ2) is 5.93. The fourth-order valence-electron chi connectivity index (χ4n) is 2.84. The molecule has 1 fully saturated rings. The number of hydrogen-bond donors (Lipinski definition) is 2. The van der Waals surface area contributed by atoms with Crippen LogP contribution in [0.2, 0.25) is 5.02 Å². The molecular weight excluding hydrogens is 260 g/mol. The molecular formula is C15H21ClN2O. The van der Waals surface area contributed by atoms with E-state index >= 15 is 0 Å². The van der Waals surface area contributed by atoms with Crippen LogP contribution in [0.1, 0.15) is 38.2 Å². The number of carbonyl (C=O) groups is 1. The van der Waals surface area contributed by atoms with Crippen molar-refractivity contribution in [3.8, 4) is 0 Å². The van der Waals surface area contributed by atoms with Crippen molar-refractivity contribution in [1.82, 2.24) is 5.32 Å². The van der Waals surface area contributed by atoms with Gasteiger partial charge in [0.2, 0.25) is 5.91 Å². The van der Waals surface area contributed by atoms with Crippen LogP contribution < -0.4 is 11.1 Å². The number of benzene rings is 1. The maximum absolute atomic E-state index is 11.7. The molecule has 0 heterocycles. The molecule has 1 aliphatic carbocycles. The van der Waals surface area contributed by atoms with Crippen molar-refractivity contribution >= 4 is 17.5 Å². The summed E-state index contributed by atoms with van der Waals surface area (Å²) < 4.78 is 0. The summed E-state index contributed by atoms with van der Waals surface area (Å²) in [5.74, 6) is -0.0831. The highest BCUT2D eigenvalue weighted by atomic mass is 35.5. The largest absolute Gasteiger partial charge is 0.354 e. The molecule has 1 aliphatic rings. The van der Waals surface area contributed by atoms with Crippen molar-refractivity contribution in [2.45, 2.75) is 44.1 Å². The Hall–Kier alpha value is -1.06. The van der Waals surface area contributed by atoms with Crippen LogP contribution in [0, 0.1) is 0 Å². The molecule has 0 aliphatic heterocycles. The van der Waals surface area contributed by atoms with Gasteiger partial charge >= 0.3 is 0 Å². The van der Waals surface area contributed by atoms with E-state index in [1.807, 2.05) is 12.1 Å². The van der Waals surface area contributed by atoms with Crippen LogP contribution in [0.3, 0.4) is 0 Å². The van der Waals surface area contributed by atoms with Gasteiger partial charge in [-0.05, 0) is 37.5 Å². The lowest BCUT2D eigenvalue weighted by molar-refractivity contribution is -0.122. The maximum atomic E-state index is 11.7. The first-order valence-electron chi connectivity index (χ1n) is 6.83. The Bertz CT molecular complexity index is 436. The molecule has 0 aromatic heterocycles. The Balaban J connectivity index is 2.14. The standard InChI is InChI=1S/C15H21ClN2O/c1-11(17)14(19)18-10-15(8-2-3-9-15)12-4-6-13(16)7-5-12/h4-7,11H,2-3,8-10,17H2,1H3,(H,18,19)/t11-/m1/s1. The molecule has 1 amide bonds. The predicted octanol–water partition coefficient (Wildman–Crippen LogP) is 2.62. The van der Waals surface area contributed by atoms with Crippen LogP contribution in [0.5, 0.6) is 0 Å². The maximum Gasteiger partial charge on any atom is 0.236 e. The van der Waals surface area contributed by atoms with E-state index in [-0.39, 0.29) is 11.3 Å². The molecule has 3 N–H and O–H groups in total. The first-order chi connectivity index (χ1) is 9.03. The molecule has 0 unspecified atom stereocenters. The molecule has 0 radical (unpaired) electrons. The van der Waals surface area contributed by atoms with Gasteiger partial charge in [0.1, 0.15) is 0 Å². The minimum atomic E-state index is -0.455.